The summed E-state index contributed by atoms with van der Waals surface area (Å²) in [5.74, 6) is 0.146. The van der Waals surface area contributed by atoms with Crippen LogP contribution < -0.4 is 11.1 Å². The van der Waals surface area contributed by atoms with Crippen LogP contribution >= 0.6 is 23.1 Å². The van der Waals surface area contributed by atoms with E-state index in [2.05, 4.69) is 10.3 Å². The van der Waals surface area contributed by atoms with Gasteiger partial charge >= 0.3 is 6.03 Å². The van der Waals surface area contributed by atoms with Gasteiger partial charge in [-0.25, -0.2) is 4.79 Å². The maximum atomic E-state index is 11.7. The van der Waals surface area contributed by atoms with Crippen LogP contribution in [0.15, 0.2) is 34.8 Å². The van der Waals surface area contributed by atoms with E-state index in [4.69, 9.17) is 5.73 Å². The zero-order chi connectivity index (χ0) is 16.1. The van der Waals surface area contributed by atoms with E-state index in [1.54, 1.807) is 26.5 Å². The van der Waals surface area contributed by atoms with Crippen LogP contribution in [0.1, 0.15) is 15.9 Å². The van der Waals surface area contributed by atoms with Gasteiger partial charge in [-0.2, -0.15) is 0 Å². The van der Waals surface area contributed by atoms with Crippen LogP contribution in [-0.4, -0.2) is 35.9 Å². The Morgan fingerprint density at radius 1 is 1.36 bits per heavy atom. The van der Waals surface area contributed by atoms with Crippen LogP contribution in [0.3, 0.4) is 0 Å². The Morgan fingerprint density at radius 2 is 2.05 bits per heavy atom. The summed E-state index contributed by atoms with van der Waals surface area (Å²) in [5.41, 5.74) is 6.92. The van der Waals surface area contributed by atoms with Gasteiger partial charge in [0.2, 0.25) is 0 Å². The first kappa shape index (κ1) is 16.3. The maximum absolute atomic E-state index is 11.7. The molecule has 0 spiro atoms. The standard InChI is InChI=1S/C14H16N4O2S2/c1-18(2)14(20)17-13-11(12(15)19)10(8-22-13)21-7-9-3-5-16-6-4-9/h3-6,8H,7H2,1-2H3,(H2,15,19)(H,17,20). The number of thiophene rings is 1. The predicted molar refractivity (Wildman–Crippen MR) is 89.3 cm³/mol. The second-order valence-electron chi connectivity index (χ2n) is 4.64. The van der Waals surface area contributed by atoms with Crippen LogP contribution in [0.2, 0.25) is 0 Å². The topological polar surface area (TPSA) is 88.3 Å². The molecule has 0 bridgehead atoms. The lowest BCUT2D eigenvalue weighted by molar-refractivity contribution is 0.0999. The van der Waals surface area contributed by atoms with E-state index in [-0.39, 0.29) is 6.03 Å². The summed E-state index contributed by atoms with van der Waals surface area (Å²) in [6.07, 6.45) is 3.45. The Kier molecular flexibility index (Phi) is 5.40. The Bertz CT molecular complexity index is 671. The molecule has 0 aliphatic carbocycles. The van der Waals surface area contributed by atoms with Crippen LogP contribution in [0, 0.1) is 0 Å². The highest BCUT2D eigenvalue weighted by Gasteiger charge is 2.19. The highest BCUT2D eigenvalue weighted by molar-refractivity contribution is 7.98. The number of nitrogens with zero attached hydrogens (tertiary/aromatic N) is 2. The molecule has 2 heterocycles. The SMILES string of the molecule is CN(C)C(=O)Nc1scc(SCc2ccncc2)c1C(N)=O. The normalized spacial score (nSPS) is 10.3. The van der Waals surface area contributed by atoms with Gasteiger partial charge in [0.15, 0.2) is 0 Å². The summed E-state index contributed by atoms with van der Waals surface area (Å²) in [7, 11) is 3.26. The highest BCUT2D eigenvalue weighted by atomic mass is 32.2. The quantitative estimate of drug-likeness (QED) is 0.822. The number of aromatic nitrogens is 1. The van der Waals surface area contributed by atoms with E-state index >= 15 is 0 Å². The Balaban J connectivity index is 2.16. The van der Waals surface area contributed by atoms with Crippen LogP contribution in [0.4, 0.5) is 9.80 Å². The highest BCUT2D eigenvalue weighted by Crippen LogP contribution is 2.36. The molecule has 0 aliphatic rings. The first-order valence-corrected chi connectivity index (χ1v) is 8.27. The number of carbonyl (C=O) groups is 2. The summed E-state index contributed by atoms with van der Waals surface area (Å²) in [4.78, 5) is 29.6. The summed E-state index contributed by atoms with van der Waals surface area (Å²) < 4.78 is 0. The zero-order valence-electron chi connectivity index (χ0n) is 12.2. The smallest absolute Gasteiger partial charge is 0.321 e. The molecule has 0 aliphatic heterocycles. The van der Waals surface area contributed by atoms with E-state index in [1.165, 1.54) is 28.0 Å². The van der Waals surface area contributed by atoms with Crippen molar-refractivity contribution in [3.05, 3.63) is 41.0 Å². The molecule has 3 amide bonds. The number of urea groups is 1. The summed E-state index contributed by atoms with van der Waals surface area (Å²) >= 11 is 2.79. The number of anilines is 1. The fourth-order valence-electron chi connectivity index (χ4n) is 1.62. The van der Waals surface area contributed by atoms with E-state index in [0.29, 0.717) is 16.3 Å². The van der Waals surface area contributed by atoms with Gasteiger partial charge in [-0.15, -0.1) is 23.1 Å². The van der Waals surface area contributed by atoms with Crippen LogP contribution in [0.25, 0.3) is 0 Å². The third-order valence-corrected chi connectivity index (χ3v) is 4.93. The number of rotatable bonds is 5. The molecule has 22 heavy (non-hydrogen) atoms. The van der Waals surface area contributed by atoms with Gasteiger partial charge < -0.3 is 10.6 Å². The molecular weight excluding hydrogens is 320 g/mol. The minimum atomic E-state index is -0.549. The van der Waals surface area contributed by atoms with E-state index in [0.717, 1.165) is 10.5 Å². The molecule has 6 nitrogen and oxygen atoms in total. The lowest BCUT2D eigenvalue weighted by Gasteiger charge is -2.11. The number of nitrogens with two attached hydrogens (primary N) is 1. The second-order valence-corrected chi connectivity index (χ2v) is 6.53. The molecule has 8 heteroatoms. The molecule has 2 aromatic heterocycles. The van der Waals surface area contributed by atoms with Crippen molar-refractivity contribution in [2.75, 3.05) is 19.4 Å². The van der Waals surface area contributed by atoms with Gasteiger partial charge in [0, 0.05) is 42.5 Å². The molecule has 3 N–H and O–H groups in total. The lowest BCUT2D eigenvalue weighted by atomic mass is 10.3. The minimum absolute atomic E-state index is 0.296. The average molecular weight is 336 g/mol. The molecule has 0 atom stereocenters. The Hall–Kier alpha value is -2.06. The van der Waals surface area contributed by atoms with E-state index < -0.39 is 5.91 Å². The molecular formula is C14H16N4O2S2. The van der Waals surface area contributed by atoms with Crippen molar-refractivity contribution in [2.45, 2.75) is 10.6 Å². The predicted octanol–water partition coefficient (Wildman–Crippen LogP) is 2.63. The second kappa shape index (κ2) is 7.28. The van der Waals surface area contributed by atoms with Gasteiger partial charge in [-0.3, -0.25) is 15.1 Å². The molecule has 0 aromatic carbocycles. The molecule has 2 aromatic rings. The number of pyridine rings is 1. The minimum Gasteiger partial charge on any atom is -0.365 e. The molecule has 0 radical (unpaired) electrons. The first-order chi connectivity index (χ1) is 10.5. The van der Waals surface area contributed by atoms with Crippen molar-refractivity contribution in [3.63, 3.8) is 0 Å². The number of amides is 3. The number of thioether (sulfide) groups is 1. The lowest BCUT2D eigenvalue weighted by Crippen LogP contribution is -2.28. The number of primary amides is 1. The fraction of sp³-hybridized carbons (Fsp3) is 0.214. The molecule has 116 valence electrons. The zero-order valence-corrected chi connectivity index (χ0v) is 13.8. The maximum Gasteiger partial charge on any atom is 0.321 e. The molecule has 0 fully saturated rings. The molecule has 0 saturated heterocycles. The third-order valence-electron chi connectivity index (χ3n) is 2.77. The van der Waals surface area contributed by atoms with Crippen molar-refractivity contribution in [2.24, 2.45) is 5.73 Å². The number of hydrogen-bond acceptors (Lipinski definition) is 5. The Labute approximate surface area is 136 Å². The van der Waals surface area contributed by atoms with Gasteiger partial charge in [-0.1, -0.05) is 0 Å². The van der Waals surface area contributed by atoms with Gasteiger partial charge in [0.25, 0.3) is 5.91 Å². The Morgan fingerprint density at radius 3 is 2.64 bits per heavy atom. The fourth-order valence-corrected chi connectivity index (χ4v) is 3.78. The van der Waals surface area contributed by atoms with Gasteiger partial charge in [-0.05, 0) is 17.7 Å². The average Bonchev–Trinajstić information content (AvgIpc) is 2.89. The largest absolute Gasteiger partial charge is 0.365 e. The van der Waals surface area contributed by atoms with Crippen molar-refractivity contribution in [1.82, 2.24) is 9.88 Å². The summed E-state index contributed by atoms with van der Waals surface area (Å²) in [6, 6.07) is 3.53. The summed E-state index contributed by atoms with van der Waals surface area (Å²) in [6.45, 7) is 0. The summed E-state index contributed by atoms with van der Waals surface area (Å²) in [5, 5.41) is 5.00. The number of hydrogen-bond donors (Lipinski definition) is 2. The van der Waals surface area contributed by atoms with Crippen molar-refractivity contribution >= 4 is 40.0 Å². The van der Waals surface area contributed by atoms with Crippen molar-refractivity contribution in [1.29, 1.82) is 0 Å². The molecule has 0 unspecified atom stereocenters. The monoisotopic (exact) mass is 336 g/mol. The molecule has 0 saturated carbocycles. The number of nitrogens with one attached hydrogen (secondary N) is 1. The van der Waals surface area contributed by atoms with Crippen LogP contribution in [0.5, 0.6) is 0 Å². The first-order valence-electron chi connectivity index (χ1n) is 6.40. The molecule has 2 rings (SSSR count). The van der Waals surface area contributed by atoms with E-state index in [1.807, 2.05) is 17.5 Å². The van der Waals surface area contributed by atoms with Crippen LogP contribution in [-0.2, 0) is 5.75 Å². The van der Waals surface area contributed by atoms with E-state index in [9.17, 15) is 9.59 Å². The van der Waals surface area contributed by atoms with Gasteiger partial charge in [0.1, 0.15) is 5.00 Å². The van der Waals surface area contributed by atoms with Gasteiger partial charge in [0.05, 0.1) is 5.56 Å². The third kappa shape index (κ3) is 3.99. The van der Waals surface area contributed by atoms with Crippen molar-refractivity contribution in [3.8, 4) is 0 Å². The number of carbonyl (C=O) groups excluding carboxylic acids is 2. The van der Waals surface area contributed by atoms with Crippen molar-refractivity contribution < 1.29 is 9.59 Å².